The summed E-state index contributed by atoms with van der Waals surface area (Å²) in [5.74, 6) is 5.10. The SMILES string of the molecule is NNC(=O)CCSc1ccc(F)cc1. The second kappa shape index (κ2) is 5.62. The van der Waals surface area contributed by atoms with Gasteiger partial charge >= 0.3 is 0 Å². The van der Waals surface area contributed by atoms with Crippen molar-refractivity contribution < 1.29 is 9.18 Å². The monoisotopic (exact) mass is 214 g/mol. The van der Waals surface area contributed by atoms with E-state index in [1.165, 1.54) is 23.9 Å². The standard InChI is InChI=1S/C9H11FN2OS/c10-7-1-3-8(4-2-7)14-6-5-9(13)12-11/h1-4H,5-6,11H2,(H,12,13). The Balaban J connectivity index is 2.31. The number of hydrazine groups is 1. The van der Waals surface area contributed by atoms with Gasteiger partial charge in [0.05, 0.1) is 0 Å². The van der Waals surface area contributed by atoms with E-state index in [1.807, 2.05) is 5.43 Å². The first-order chi connectivity index (χ1) is 6.72. The summed E-state index contributed by atoms with van der Waals surface area (Å²) in [7, 11) is 0. The zero-order valence-electron chi connectivity index (χ0n) is 7.50. The van der Waals surface area contributed by atoms with Crippen LogP contribution in [-0.2, 0) is 4.79 Å². The van der Waals surface area contributed by atoms with Gasteiger partial charge in [-0.1, -0.05) is 0 Å². The highest BCUT2D eigenvalue weighted by Crippen LogP contribution is 2.18. The molecule has 0 radical (unpaired) electrons. The Morgan fingerprint density at radius 2 is 2.07 bits per heavy atom. The number of carbonyl (C=O) groups is 1. The molecule has 0 aliphatic carbocycles. The molecule has 0 aromatic heterocycles. The van der Waals surface area contributed by atoms with Gasteiger partial charge in [0.1, 0.15) is 5.82 Å². The maximum atomic E-state index is 12.5. The first-order valence-corrected chi connectivity index (χ1v) is 5.09. The van der Waals surface area contributed by atoms with Gasteiger partial charge < -0.3 is 0 Å². The molecule has 3 N–H and O–H groups in total. The molecule has 0 spiro atoms. The van der Waals surface area contributed by atoms with E-state index in [9.17, 15) is 9.18 Å². The highest BCUT2D eigenvalue weighted by molar-refractivity contribution is 7.99. The van der Waals surface area contributed by atoms with Crippen LogP contribution in [0, 0.1) is 5.82 Å². The van der Waals surface area contributed by atoms with E-state index in [1.54, 1.807) is 12.1 Å². The van der Waals surface area contributed by atoms with Crippen LogP contribution in [0.2, 0.25) is 0 Å². The fourth-order valence-electron chi connectivity index (χ4n) is 0.865. The van der Waals surface area contributed by atoms with Crippen molar-refractivity contribution in [3.05, 3.63) is 30.1 Å². The predicted octanol–water partition coefficient (Wildman–Crippen LogP) is 1.30. The Morgan fingerprint density at radius 1 is 1.43 bits per heavy atom. The average Bonchev–Trinajstić information content (AvgIpc) is 2.21. The van der Waals surface area contributed by atoms with Gasteiger partial charge in [-0.25, -0.2) is 10.2 Å². The van der Waals surface area contributed by atoms with Crippen LogP contribution in [0.4, 0.5) is 4.39 Å². The van der Waals surface area contributed by atoms with E-state index >= 15 is 0 Å². The Bertz CT molecular complexity index is 302. The van der Waals surface area contributed by atoms with Crippen molar-refractivity contribution in [2.24, 2.45) is 5.84 Å². The van der Waals surface area contributed by atoms with Crippen molar-refractivity contribution >= 4 is 17.7 Å². The van der Waals surface area contributed by atoms with Gasteiger partial charge in [-0.3, -0.25) is 10.2 Å². The molecule has 3 nitrogen and oxygen atoms in total. The first kappa shape index (κ1) is 11.0. The highest BCUT2D eigenvalue weighted by atomic mass is 32.2. The van der Waals surface area contributed by atoms with Gasteiger partial charge in [-0.05, 0) is 24.3 Å². The normalized spacial score (nSPS) is 9.86. The van der Waals surface area contributed by atoms with Crippen LogP contribution < -0.4 is 11.3 Å². The van der Waals surface area contributed by atoms with Gasteiger partial charge in [-0.2, -0.15) is 0 Å². The van der Waals surface area contributed by atoms with E-state index in [0.717, 1.165) is 4.90 Å². The van der Waals surface area contributed by atoms with Gasteiger partial charge in [0.15, 0.2) is 0 Å². The molecular formula is C9H11FN2OS. The van der Waals surface area contributed by atoms with Gasteiger partial charge in [0.2, 0.25) is 5.91 Å². The summed E-state index contributed by atoms with van der Waals surface area (Å²) < 4.78 is 12.5. The number of rotatable bonds is 4. The van der Waals surface area contributed by atoms with Crippen LogP contribution in [0.5, 0.6) is 0 Å². The van der Waals surface area contributed by atoms with Crippen LogP contribution in [0.15, 0.2) is 29.2 Å². The van der Waals surface area contributed by atoms with Crippen LogP contribution >= 0.6 is 11.8 Å². The Kier molecular flexibility index (Phi) is 4.42. The number of nitrogens with one attached hydrogen (secondary N) is 1. The molecule has 76 valence electrons. The number of amides is 1. The molecule has 0 saturated heterocycles. The minimum atomic E-state index is -0.256. The molecule has 0 aliphatic heterocycles. The number of hydrogen-bond acceptors (Lipinski definition) is 3. The molecule has 14 heavy (non-hydrogen) atoms. The fraction of sp³-hybridized carbons (Fsp3) is 0.222. The second-order valence-corrected chi connectivity index (χ2v) is 3.79. The van der Waals surface area contributed by atoms with Crippen LogP contribution in [0.1, 0.15) is 6.42 Å². The summed E-state index contributed by atoms with van der Waals surface area (Å²) in [5, 5.41) is 0. The van der Waals surface area contributed by atoms with Crippen molar-refractivity contribution in [1.29, 1.82) is 0 Å². The molecule has 0 aliphatic rings. The van der Waals surface area contributed by atoms with Gasteiger partial charge in [-0.15, -0.1) is 11.8 Å². The zero-order chi connectivity index (χ0) is 10.4. The predicted molar refractivity (Wildman–Crippen MR) is 54.1 cm³/mol. The third-order valence-electron chi connectivity index (χ3n) is 1.57. The molecular weight excluding hydrogens is 203 g/mol. The number of carbonyl (C=O) groups excluding carboxylic acids is 1. The number of benzene rings is 1. The van der Waals surface area contributed by atoms with Crippen molar-refractivity contribution in [3.8, 4) is 0 Å². The fourth-order valence-corrected chi connectivity index (χ4v) is 1.72. The van der Waals surface area contributed by atoms with Gasteiger partial charge in [0, 0.05) is 17.1 Å². The molecule has 0 atom stereocenters. The van der Waals surface area contributed by atoms with Crippen molar-refractivity contribution in [2.75, 3.05) is 5.75 Å². The van der Waals surface area contributed by atoms with E-state index in [4.69, 9.17) is 5.84 Å². The minimum Gasteiger partial charge on any atom is -0.294 e. The molecule has 1 aromatic carbocycles. The largest absolute Gasteiger partial charge is 0.294 e. The minimum absolute atomic E-state index is 0.195. The van der Waals surface area contributed by atoms with Crippen LogP contribution in [0.25, 0.3) is 0 Å². The molecule has 1 rings (SSSR count). The lowest BCUT2D eigenvalue weighted by Gasteiger charge is -2.00. The number of hydrogen-bond donors (Lipinski definition) is 2. The smallest absolute Gasteiger partial charge is 0.234 e. The maximum absolute atomic E-state index is 12.5. The molecule has 0 fully saturated rings. The third kappa shape index (κ3) is 3.76. The Labute approximate surface area is 85.8 Å². The molecule has 5 heteroatoms. The Morgan fingerprint density at radius 3 is 2.64 bits per heavy atom. The molecule has 0 unspecified atom stereocenters. The van der Waals surface area contributed by atoms with Crippen molar-refractivity contribution in [2.45, 2.75) is 11.3 Å². The third-order valence-corrected chi connectivity index (χ3v) is 2.59. The summed E-state index contributed by atoms with van der Waals surface area (Å²) in [4.78, 5) is 11.7. The first-order valence-electron chi connectivity index (χ1n) is 4.10. The number of nitrogens with two attached hydrogens (primary N) is 1. The summed E-state index contributed by atoms with van der Waals surface area (Å²) >= 11 is 1.49. The summed E-state index contributed by atoms with van der Waals surface area (Å²) in [5.41, 5.74) is 2.05. The van der Waals surface area contributed by atoms with Crippen LogP contribution in [0.3, 0.4) is 0 Å². The maximum Gasteiger partial charge on any atom is 0.234 e. The molecule has 0 bridgehead atoms. The summed E-state index contributed by atoms with van der Waals surface area (Å²) in [6.45, 7) is 0. The lowest BCUT2D eigenvalue weighted by Crippen LogP contribution is -2.30. The quantitative estimate of drug-likeness (QED) is 0.344. The average molecular weight is 214 g/mol. The van der Waals surface area contributed by atoms with E-state index in [-0.39, 0.29) is 11.7 Å². The second-order valence-electron chi connectivity index (χ2n) is 2.62. The Hall–Kier alpha value is -1.07. The summed E-state index contributed by atoms with van der Waals surface area (Å²) in [6.07, 6.45) is 0.360. The van der Waals surface area contributed by atoms with E-state index < -0.39 is 0 Å². The van der Waals surface area contributed by atoms with Crippen LogP contribution in [-0.4, -0.2) is 11.7 Å². The molecule has 0 heterocycles. The highest BCUT2D eigenvalue weighted by Gasteiger charge is 1.99. The summed E-state index contributed by atoms with van der Waals surface area (Å²) in [6, 6.07) is 6.15. The zero-order valence-corrected chi connectivity index (χ0v) is 8.31. The molecule has 1 aromatic rings. The molecule has 0 saturated carbocycles. The topological polar surface area (TPSA) is 55.1 Å². The van der Waals surface area contributed by atoms with Gasteiger partial charge in [0.25, 0.3) is 0 Å². The number of halogens is 1. The number of thioether (sulfide) groups is 1. The lowest BCUT2D eigenvalue weighted by molar-refractivity contribution is -0.120. The lowest BCUT2D eigenvalue weighted by atomic mass is 10.4. The van der Waals surface area contributed by atoms with Crippen molar-refractivity contribution in [1.82, 2.24) is 5.43 Å². The van der Waals surface area contributed by atoms with Crippen molar-refractivity contribution in [3.63, 3.8) is 0 Å². The van der Waals surface area contributed by atoms with E-state index in [0.29, 0.717) is 12.2 Å². The van der Waals surface area contributed by atoms with E-state index in [2.05, 4.69) is 0 Å². The molecule has 1 amide bonds.